The van der Waals surface area contributed by atoms with Gasteiger partial charge in [-0.05, 0) is 72.9 Å². The molecule has 0 heterocycles. The third kappa shape index (κ3) is 6.93. The first-order valence-electron chi connectivity index (χ1n) is 11.3. The number of methoxy groups -OCH3 is 1. The number of esters is 2. The first-order chi connectivity index (χ1) is 16.7. The number of aryl methyl sites for hydroxylation is 2. The Kier molecular flexibility index (Phi) is 8.65. The molecule has 35 heavy (non-hydrogen) atoms. The molecule has 0 fully saturated rings. The second-order valence-electron chi connectivity index (χ2n) is 8.15. The Morgan fingerprint density at radius 1 is 0.886 bits per heavy atom. The zero-order valence-electron chi connectivity index (χ0n) is 20.0. The maximum Gasteiger partial charge on any atom is 0.338 e. The van der Waals surface area contributed by atoms with E-state index in [0.29, 0.717) is 22.4 Å². The lowest BCUT2D eigenvalue weighted by Crippen LogP contribution is -2.15. The van der Waals surface area contributed by atoms with Crippen molar-refractivity contribution in [3.8, 4) is 0 Å². The van der Waals surface area contributed by atoms with Crippen LogP contribution in [0, 0.1) is 6.92 Å². The van der Waals surface area contributed by atoms with Crippen molar-refractivity contribution in [2.45, 2.75) is 44.6 Å². The zero-order valence-corrected chi connectivity index (χ0v) is 20.9. The summed E-state index contributed by atoms with van der Waals surface area (Å²) in [6.07, 6.45) is 3.11. The molecule has 0 atom stereocenters. The van der Waals surface area contributed by atoms with Gasteiger partial charge < -0.3 is 9.47 Å². The molecule has 0 aromatic heterocycles. The van der Waals surface area contributed by atoms with E-state index in [-0.39, 0.29) is 17.1 Å². The zero-order chi connectivity index (χ0) is 25.4. The minimum absolute atomic E-state index is 0.0284. The highest BCUT2D eigenvalue weighted by molar-refractivity contribution is 7.92. The van der Waals surface area contributed by atoms with Crippen LogP contribution in [0.4, 0.5) is 5.69 Å². The van der Waals surface area contributed by atoms with Gasteiger partial charge in [-0.25, -0.2) is 18.0 Å². The molecule has 0 aliphatic heterocycles. The number of benzene rings is 3. The van der Waals surface area contributed by atoms with E-state index in [9.17, 15) is 18.0 Å². The average molecular weight is 496 g/mol. The summed E-state index contributed by atoms with van der Waals surface area (Å²) < 4.78 is 38.5. The van der Waals surface area contributed by atoms with Crippen molar-refractivity contribution in [2.75, 3.05) is 11.8 Å². The predicted octanol–water partition coefficient (Wildman–Crippen LogP) is 5.28. The Labute approximate surface area is 206 Å². The van der Waals surface area contributed by atoms with Crippen molar-refractivity contribution in [3.05, 3.63) is 94.5 Å². The lowest BCUT2D eigenvalue weighted by molar-refractivity contribution is 0.0470. The van der Waals surface area contributed by atoms with Crippen LogP contribution in [0.5, 0.6) is 0 Å². The third-order valence-corrected chi connectivity index (χ3v) is 6.89. The fraction of sp³-hybridized carbons (Fsp3) is 0.259. The van der Waals surface area contributed by atoms with Crippen LogP contribution in [0.2, 0.25) is 0 Å². The number of rotatable bonds is 10. The van der Waals surface area contributed by atoms with Crippen molar-refractivity contribution in [1.29, 1.82) is 0 Å². The summed E-state index contributed by atoms with van der Waals surface area (Å²) >= 11 is 0. The summed E-state index contributed by atoms with van der Waals surface area (Å²) in [7, 11) is -2.60. The number of hydrogen-bond acceptors (Lipinski definition) is 6. The molecule has 8 heteroatoms. The first kappa shape index (κ1) is 26.0. The molecule has 0 bridgehead atoms. The van der Waals surface area contributed by atoms with Crippen LogP contribution in [-0.4, -0.2) is 27.5 Å². The lowest BCUT2D eigenvalue weighted by atomic mass is 10.1. The van der Waals surface area contributed by atoms with Gasteiger partial charge in [0, 0.05) is 5.69 Å². The van der Waals surface area contributed by atoms with Crippen LogP contribution in [0.3, 0.4) is 0 Å². The van der Waals surface area contributed by atoms with E-state index in [1.807, 2.05) is 12.1 Å². The highest BCUT2D eigenvalue weighted by Gasteiger charge is 2.19. The van der Waals surface area contributed by atoms with Crippen molar-refractivity contribution in [2.24, 2.45) is 0 Å². The van der Waals surface area contributed by atoms with Crippen LogP contribution < -0.4 is 4.72 Å². The highest BCUT2D eigenvalue weighted by Crippen LogP contribution is 2.21. The fourth-order valence-electron chi connectivity index (χ4n) is 3.40. The summed E-state index contributed by atoms with van der Waals surface area (Å²) in [5.74, 6) is -1.10. The molecule has 0 aliphatic rings. The monoisotopic (exact) mass is 495 g/mol. The van der Waals surface area contributed by atoms with Gasteiger partial charge in [-0.2, -0.15) is 0 Å². The quantitative estimate of drug-likeness (QED) is 0.384. The molecule has 184 valence electrons. The first-order valence-corrected chi connectivity index (χ1v) is 12.8. The van der Waals surface area contributed by atoms with Gasteiger partial charge in [0.05, 0.1) is 23.1 Å². The summed E-state index contributed by atoms with van der Waals surface area (Å²) in [5.41, 5.74) is 3.42. The van der Waals surface area contributed by atoms with Crippen LogP contribution >= 0.6 is 0 Å². The fourth-order valence-corrected chi connectivity index (χ4v) is 4.49. The van der Waals surface area contributed by atoms with E-state index in [1.54, 1.807) is 49.4 Å². The Balaban J connectivity index is 1.70. The molecule has 3 aromatic rings. The Bertz CT molecular complexity index is 1280. The number of anilines is 1. The summed E-state index contributed by atoms with van der Waals surface area (Å²) in [6, 6.07) is 18.1. The van der Waals surface area contributed by atoms with Gasteiger partial charge in [-0.1, -0.05) is 43.7 Å². The molecular formula is C27H29NO6S. The largest absolute Gasteiger partial charge is 0.465 e. The average Bonchev–Trinajstić information content (AvgIpc) is 2.86. The SMILES string of the molecule is CCCCc1ccc(NS(=O)(=O)c2ccc(C)c(C(=O)OCc3ccc(C(=O)OC)cc3)c2)cc1. The van der Waals surface area contributed by atoms with E-state index in [2.05, 4.69) is 16.4 Å². The van der Waals surface area contributed by atoms with E-state index in [4.69, 9.17) is 4.74 Å². The molecule has 1 N–H and O–H groups in total. The van der Waals surface area contributed by atoms with Gasteiger partial charge in [-0.15, -0.1) is 0 Å². The molecular weight excluding hydrogens is 466 g/mol. The van der Waals surface area contributed by atoms with Gasteiger partial charge in [-0.3, -0.25) is 4.72 Å². The highest BCUT2D eigenvalue weighted by atomic mass is 32.2. The molecule has 7 nitrogen and oxygen atoms in total. The van der Waals surface area contributed by atoms with E-state index < -0.39 is 22.0 Å². The number of nitrogens with one attached hydrogen (secondary N) is 1. The number of hydrogen-bond donors (Lipinski definition) is 1. The summed E-state index contributed by atoms with van der Waals surface area (Å²) in [4.78, 5) is 24.2. The van der Waals surface area contributed by atoms with Gasteiger partial charge in [0.15, 0.2) is 0 Å². The van der Waals surface area contributed by atoms with Crippen LogP contribution in [-0.2, 0) is 32.5 Å². The van der Waals surface area contributed by atoms with Gasteiger partial charge >= 0.3 is 11.9 Å². The minimum Gasteiger partial charge on any atom is -0.465 e. The third-order valence-electron chi connectivity index (χ3n) is 5.51. The van der Waals surface area contributed by atoms with Gasteiger partial charge in [0.1, 0.15) is 6.61 Å². The van der Waals surface area contributed by atoms with Gasteiger partial charge in [0.2, 0.25) is 0 Å². The molecule has 0 unspecified atom stereocenters. The molecule has 0 aliphatic carbocycles. The van der Waals surface area contributed by atoms with Crippen LogP contribution in [0.25, 0.3) is 0 Å². The van der Waals surface area contributed by atoms with Crippen molar-refractivity contribution in [1.82, 2.24) is 0 Å². The minimum atomic E-state index is -3.90. The molecule has 3 aromatic carbocycles. The van der Waals surface area contributed by atoms with Crippen LogP contribution in [0.1, 0.15) is 57.2 Å². The molecule has 0 saturated carbocycles. The predicted molar refractivity (Wildman–Crippen MR) is 134 cm³/mol. The smallest absolute Gasteiger partial charge is 0.338 e. The van der Waals surface area contributed by atoms with Crippen molar-refractivity contribution in [3.63, 3.8) is 0 Å². The number of carbonyl (C=O) groups is 2. The van der Waals surface area contributed by atoms with E-state index in [1.165, 1.54) is 19.2 Å². The standard InChI is InChI=1S/C27H29NO6S/c1-4-5-6-20-10-14-23(15-11-20)28-35(31,32)24-16-7-19(2)25(17-24)27(30)34-18-21-8-12-22(13-9-21)26(29)33-3/h7-17,28H,4-6,18H2,1-3H3. The van der Waals surface area contributed by atoms with E-state index in [0.717, 1.165) is 24.8 Å². The van der Waals surface area contributed by atoms with Crippen molar-refractivity contribution >= 4 is 27.6 Å². The Hall–Kier alpha value is -3.65. The Morgan fingerprint density at radius 2 is 1.54 bits per heavy atom. The normalized spacial score (nSPS) is 11.1. The molecule has 0 amide bonds. The second-order valence-corrected chi connectivity index (χ2v) is 9.83. The molecule has 0 spiro atoms. The number of sulfonamides is 1. The molecule has 3 rings (SSSR count). The molecule has 0 saturated heterocycles. The van der Waals surface area contributed by atoms with E-state index >= 15 is 0 Å². The summed E-state index contributed by atoms with van der Waals surface area (Å²) in [5, 5.41) is 0. The summed E-state index contributed by atoms with van der Waals surface area (Å²) in [6.45, 7) is 3.80. The number of unbranched alkanes of at least 4 members (excludes halogenated alkanes) is 1. The molecule has 0 radical (unpaired) electrons. The lowest BCUT2D eigenvalue weighted by Gasteiger charge is -2.12. The number of carbonyl (C=O) groups excluding carboxylic acids is 2. The number of ether oxygens (including phenoxy) is 2. The van der Waals surface area contributed by atoms with Crippen molar-refractivity contribution < 1.29 is 27.5 Å². The Morgan fingerprint density at radius 3 is 2.17 bits per heavy atom. The second kappa shape index (κ2) is 11.7. The van der Waals surface area contributed by atoms with Crippen LogP contribution in [0.15, 0.2) is 71.6 Å². The maximum absolute atomic E-state index is 12.9. The topological polar surface area (TPSA) is 98.8 Å². The van der Waals surface area contributed by atoms with Gasteiger partial charge in [0.25, 0.3) is 10.0 Å². The maximum atomic E-state index is 12.9.